The maximum Gasteiger partial charge on any atom is 0.271 e. The molecule has 0 bridgehead atoms. The first-order chi connectivity index (χ1) is 15.4. The van der Waals surface area contributed by atoms with Crippen molar-refractivity contribution in [1.29, 1.82) is 0 Å². The van der Waals surface area contributed by atoms with Crippen LogP contribution < -0.4 is 20.2 Å². The highest BCUT2D eigenvalue weighted by molar-refractivity contribution is 6.06. The molecule has 0 aromatic heterocycles. The van der Waals surface area contributed by atoms with Gasteiger partial charge in [-0.3, -0.25) is 9.59 Å². The van der Waals surface area contributed by atoms with Crippen molar-refractivity contribution in [3.63, 3.8) is 0 Å². The highest BCUT2D eigenvalue weighted by atomic mass is 16.5. The van der Waals surface area contributed by atoms with E-state index in [4.69, 9.17) is 9.47 Å². The highest BCUT2D eigenvalue weighted by Gasteiger charge is 2.11. The Morgan fingerprint density at radius 1 is 0.844 bits per heavy atom. The van der Waals surface area contributed by atoms with Crippen LogP contribution in [-0.2, 0) is 0 Å². The third-order valence-corrected chi connectivity index (χ3v) is 4.92. The largest absolute Gasteiger partial charge is 0.497 e. The predicted molar refractivity (Wildman–Crippen MR) is 125 cm³/mol. The van der Waals surface area contributed by atoms with Crippen LogP contribution in [0.3, 0.4) is 0 Å². The average Bonchev–Trinajstić information content (AvgIpc) is 2.82. The molecule has 0 unspecified atom stereocenters. The predicted octanol–water partition coefficient (Wildman–Crippen LogP) is 4.42. The number of hydrazone groups is 1. The number of carbonyl (C=O) groups is 2. The number of hydrogen-bond acceptors (Lipinski definition) is 5. The number of carbonyl (C=O) groups excluding carboxylic acids is 2. The van der Waals surface area contributed by atoms with Crippen LogP contribution in [0, 0.1) is 6.92 Å². The molecule has 0 aliphatic heterocycles. The number of rotatable bonds is 7. The molecule has 164 valence electrons. The molecule has 0 saturated carbocycles. The summed E-state index contributed by atoms with van der Waals surface area (Å²) in [4.78, 5) is 24.9. The van der Waals surface area contributed by atoms with E-state index in [0.717, 1.165) is 11.1 Å². The summed E-state index contributed by atoms with van der Waals surface area (Å²) in [6.07, 6.45) is 0. The second-order valence-electron chi connectivity index (χ2n) is 7.05. The maximum atomic E-state index is 12.5. The quantitative estimate of drug-likeness (QED) is 0.428. The van der Waals surface area contributed by atoms with Crippen LogP contribution in [0.2, 0.25) is 0 Å². The summed E-state index contributed by atoms with van der Waals surface area (Å²) < 4.78 is 10.6. The fraction of sp³-hybridized carbons (Fsp3) is 0.160. The SMILES string of the molecule is COc1ccc(/C(C)=N/NC(=O)c2ccc(NC(=O)c3ccccc3C)cc2)c(OC)c1. The molecular formula is C25H25N3O4. The Labute approximate surface area is 187 Å². The van der Waals surface area contributed by atoms with E-state index in [9.17, 15) is 9.59 Å². The van der Waals surface area contributed by atoms with E-state index in [2.05, 4.69) is 15.8 Å². The molecule has 3 aromatic rings. The summed E-state index contributed by atoms with van der Waals surface area (Å²) in [6.45, 7) is 3.65. The minimum absolute atomic E-state index is 0.200. The maximum absolute atomic E-state index is 12.5. The molecule has 0 aliphatic rings. The van der Waals surface area contributed by atoms with Gasteiger partial charge in [-0.1, -0.05) is 18.2 Å². The normalized spacial score (nSPS) is 10.9. The van der Waals surface area contributed by atoms with Gasteiger partial charge in [0.2, 0.25) is 0 Å². The third-order valence-electron chi connectivity index (χ3n) is 4.92. The fourth-order valence-corrected chi connectivity index (χ4v) is 3.09. The molecule has 0 heterocycles. The zero-order valence-electron chi connectivity index (χ0n) is 18.4. The molecule has 0 saturated heterocycles. The second kappa shape index (κ2) is 10.3. The third kappa shape index (κ3) is 5.31. The summed E-state index contributed by atoms with van der Waals surface area (Å²) in [6, 6.07) is 19.3. The second-order valence-corrected chi connectivity index (χ2v) is 7.05. The number of amides is 2. The van der Waals surface area contributed by atoms with E-state index >= 15 is 0 Å². The van der Waals surface area contributed by atoms with E-state index in [1.165, 1.54) is 0 Å². The molecule has 7 heteroatoms. The Kier molecular flexibility index (Phi) is 7.23. The number of aryl methyl sites for hydroxylation is 1. The van der Waals surface area contributed by atoms with Crippen LogP contribution in [0.4, 0.5) is 5.69 Å². The van der Waals surface area contributed by atoms with Crippen LogP contribution in [0.25, 0.3) is 0 Å². The smallest absolute Gasteiger partial charge is 0.271 e. The van der Waals surface area contributed by atoms with E-state index in [-0.39, 0.29) is 11.8 Å². The van der Waals surface area contributed by atoms with Gasteiger partial charge >= 0.3 is 0 Å². The number of anilines is 1. The standard InChI is InChI=1S/C25H25N3O4/c1-16-7-5-6-8-21(16)25(30)26-19-11-9-18(10-12-19)24(29)28-27-17(2)22-14-13-20(31-3)15-23(22)32-4/h5-15H,1-4H3,(H,26,30)(H,28,29)/b27-17+. The number of nitrogens with zero attached hydrogens (tertiary/aromatic N) is 1. The number of nitrogens with one attached hydrogen (secondary N) is 2. The Morgan fingerprint density at radius 3 is 2.22 bits per heavy atom. The van der Waals surface area contributed by atoms with Gasteiger partial charge in [0, 0.05) is 28.4 Å². The van der Waals surface area contributed by atoms with E-state index < -0.39 is 0 Å². The lowest BCUT2D eigenvalue weighted by Crippen LogP contribution is -2.19. The molecule has 2 amide bonds. The van der Waals surface area contributed by atoms with Crippen LogP contribution >= 0.6 is 0 Å². The highest BCUT2D eigenvalue weighted by Crippen LogP contribution is 2.25. The van der Waals surface area contributed by atoms with Crippen molar-refractivity contribution < 1.29 is 19.1 Å². The molecule has 7 nitrogen and oxygen atoms in total. The lowest BCUT2D eigenvalue weighted by molar-refractivity contribution is 0.0954. The average molecular weight is 431 g/mol. The van der Waals surface area contributed by atoms with Crippen molar-refractivity contribution in [2.75, 3.05) is 19.5 Å². The Bertz CT molecular complexity index is 1150. The fourth-order valence-electron chi connectivity index (χ4n) is 3.09. The van der Waals surface area contributed by atoms with E-state index in [0.29, 0.717) is 34.0 Å². The van der Waals surface area contributed by atoms with Crippen molar-refractivity contribution in [3.05, 3.63) is 89.0 Å². The van der Waals surface area contributed by atoms with Crippen LogP contribution in [0.5, 0.6) is 11.5 Å². The van der Waals surface area contributed by atoms with Gasteiger partial charge in [-0.15, -0.1) is 0 Å². The van der Waals surface area contributed by atoms with Crippen molar-refractivity contribution in [3.8, 4) is 11.5 Å². The molecule has 32 heavy (non-hydrogen) atoms. The molecule has 0 radical (unpaired) electrons. The minimum Gasteiger partial charge on any atom is -0.497 e. The monoisotopic (exact) mass is 431 g/mol. The molecule has 0 spiro atoms. The van der Waals surface area contributed by atoms with E-state index in [1.807, 2.05) is 31.2 Å². The number of benzene rings is 3. The zero-order chi connectivity index (χ0) is 23.1. The van der Waals surface area contributed by atoms with Crippen molar-refractivity contribution in [2.24, 2.45) is 5.10 Å². The van der Waals surface area contributed by atoms with Crippen molar-refractivity contribution >= 4 is 23.2 Å². The van der Waals surface area contributed by atoms with Gasteiger partial charge in [-0.2, -0.15) is 5.10 Å². The zero-order valence-corrected chi connectivity index (χ0v) is 18.4. The number of hydrogen-bond donors (Lipinski definition) is 2. The van der Waals surface area contributed by atoms with E-state index in [1.54, 1.807) is 63.6 Å². The van der Waals surface area contributed by atoms with Gasteiger partial charge in [0.15, 0.2) is 0 Å². The van der Waals surface area contributed by atoms with Gasteiger partial charge in [0.05, 0.1) is 19.9 Å². The van der Waals surface area contributed by atoms with Crippen molar-refractivity contribution in [2.45, 2.75) is 13.8 Å². The van der Waals surface area contributed by atoms with Gasteiger partial charge in [0.25, 0.3) is 11.8 Å². The van der Waals surface area contributed by atoms with Crippen LogP contribution in [-0.4, -0.2) is 31.7 Å². The molecule has 3 aromatic carbocycles. The first-order valence-electron chi connectivity index (χ1n) is 9.97. The Morgan fingerprint density at radius 2 is 1.56 bits per heavy atom. The summed E-state index contributed by atoms with van der Waals surface area (Å²) in [5, 5.41) is 7.02. The van der Waals surface area contributed by atoms with Gasteiger partial charge < -0.3 is 14.8 Å². The molecule has 2 N–H and O–H groups in total. The first kappa shape index (κ1) is 22.6. The lowest BCUT2D eigenvalue weighted by Gasteiger charge is -2.10. The topological polar surface area (TPSA) is 89.0 Å². The first-order valence-corrected chi connectivity index (χ1v) is 9.97. The lowest BCUT2D eigenvalue weighted by atomic mass is 10.1. The molecule has 0 aliphatic carbocycles. The van der Waals surface area contributed by atoms with Crippen LogP contribution in [0.15, 0.2) is 71.8 Å². The summed E-state index contributed by atoms with van der Waals surface area (Å²) in [5.74, 6) is 0.688. The van der Waals surface area contributed by atoms with Gasteiger partial charge in [-0.05, 0) is 61.9 Å². The molecule has 0 atom stereocenters. The van der Waals surface area contributed by atoms with Crippen molar-refractivity contribution in [1.82, 2.24) is 5.43 Å². The summed E-state index contributed by atoms with van der Waals surface area (Å²) in [5.41, 5.74) is 6.37. The summed E-state index contributed by atoms with van der Waals surface area (Å²) >= 11 is 0. The van der Waals surface area contributed by atoms with Gasteiger partial charge in [0.1, 0.15) is 11.5 Å². The molecule has 0 fully saturated rings. The van der Waals surface area contributed by atoms with Crippen LogP contribution in [0.1, 0.15) is 38.8 Å². The molecular weight excluding hydrogens is 406 g/mol. The Hall–Kier alpha value is -4.13. The Balaban J connectivity index is 1.66. The van der Waals surface area contributed by atoms with Gasteiger partial charge in [-0.25, -0.2) is 5.43 Å². The number of ether oxygens (including phenoxy) is 2. The summed E-state index contributed by atoms with van der Waals surface area (Å²) in [7, 11) is 3.14. The number of methoxy groups -OCH3 is 2. The molecule has 3 rings (SSSR count). The minimum atomic E-state index is -0.367.